The SMILES string of the molecule is COc1ccc(/C=C/c2nc(-c3ccccc3)c(C(=O)O)s2)cc1[O-]. The third kappa shape index (κ3) is 3.70. The third-order valence-electron chi connectivity index (χ3n) is 3.49. The maximum Gasteiger partial charge on any atom is 0.348 e. The van der Waals surface area contributed by atoms with Crippen molar-refractivity contribution in [3.8, 4) is 22.8 Å². The molecule has 0 aliphatic heterocycles. The normalized spacial score (nSPS) is 10.9. The number of thiazole rings is 1. The zero-order valence-electron chi connectivity index (χ0n) is 13.3. The lowest BCUT2D eigenvalue weighted by atomic mass is 10.1. The maximum absolute atomic E-state index is 11.8. The molecule has 1 heterocycles. The van der Waals surface area contributed by atoms with Gasteiger partial charge in [-0.25, -0.2) is 9.78 Å². The summed E-state index contributed by atoms with van der Waals surface area (Å²) < 4.78 is 4.95. The zero-order valence-corrected chi connectivity index (χ0v) is 14.1. The van der Waals surface area contributed by atoms with Gasteiger partial charge in [-0.3, -0.25) is 0 Å². The van der Waals surface area contributed by atoms with Crippen LogP contribution in [0.25, 0.3) is 23.4 Å². The van der Waals surface area contributed by atoms with Gasteiger partial charge in [0, 0.05) is 5.56 Å². The molecule has 126 valence electrons. The summed E-state index contributed by atoms with van der Waals surface area (Å²) >= 11 is 1.09. The second-order valence-electron chi connectivity index (χ2n) is 5.14. The molecule has 0 saturated heterocycles. The van der Waals surface area contributed by atoms with Gasteiger partial charge in [0.15, 0.2) is 0 Å². The molecule has 0 amide bonds. The molecule has 0 atom stereocenters. The molecule has 0 bridgehead atoms. The van der Waals surface area contributed by atoms with E-state index in [1.807, 2.05) is 30.3 Å². The molecule has 6 heteroatoms. The summed E-state index contributed by atoms with van der Waals surface area (Å²) in [6.07, 6.45) is 3.42. The fraction of sp³-hybridized carbons (Fsp3) is 0.0526. The molecule has 5 nitrogen and oxygen atoms in total. The lowest BCUT2D eigenvalue weighted by Crippen LogP contribution is -1.95. The van der Waals surface area contributed by atoms with Gasteiger partial charge in [-0.15, -0.1) is 11.3 Å². The summed E-state index contributed by atoms with van der Waals surface area (Å²) in [6.45, 7) is 0. The van der Waals surface area contributed by atoms with Gasteiger partial charge in [0.25, 0.3) is 0 Å². The summed E-state index contributed by atoms with van der Waals surface area (Å²) in [5, 5.41) is 21.7. The van der Waals surface area contributed by atoms with Crippen molar-refractivity contribution in [2.75, 3.05) is 7.11 Å². The largest absolute Gasteiger partial charge is 0.870 e. The topological polar surface area (TPSA) is 82.5 Å². The van der Waals surface area contributed by atoms with Gasteiger partial charge in [0.05, 0.1) is 12.8 Å². The second-order valence-corrected chi connectivity index (χ2v) is 6.18. The number of aromatic carboxylic acids is 1. The highest BCUT2D eigenvalue weighted by Crippen LogP contribution is 2.30. The van der Waals surface area contributed by atoms with E-state index in [4.69, 9.17) is 4.74 Å². The number of hydrogen-bond donors (Lipinski definition) is 1. The molecule has 2 aromatic carbocycles. The fourth-order valence-corrected chi connectivity index (χ4v) is 3.14. The van der Waals surface area contributed by atoms with Crippen LogP contribution in [0.2, 0.25) is 0 Å². The highest BCUT2D eigenvalue weighted by Gasteiger charge is 2.17. The third-order valence-corrected chi connectivity index (χ3v) is 4.50. The molecular formula is C19H14NO4S-. The molecule has 1 N–H and O–H groups in total. The Kier molecular flexibility index (Phi) is 4.81. The second kappa shape index (κ2) is 7.19. The first kappa shape index (κ1) is 16.7. The number of nitrogens with zero attached hydrogens (tertiary/aromatic N) is 1. The van der Waals surface area contributed by atoms with Gasteiger partial charge >= 0.3 is 5.97 Å². The molecule has 0 fully saturated rings. The van der Waals surface area contributed by atoms with Crippen LogP contribution in [0.4, 0.5) is 0 Å². The Morgan fingerprint density at radius 1 is 1.20 bits per heavy atom. The number of hydrogen-bond acceptors (Lipinski definition) is 5. The smallest absolute Gasteiger partial charge is 0.348 e. The van der Waals surface area contributed by atoms with Gasteiger partial charge in [-0.05, 0) is 17.7 Å². The molecule has 0 spiro atoms. The number of aromatic nitrogens is 1. The van der Waals surface area contributed by atoms with Crippen molar-refractivity contribution in [1.29, 1.82) is 0 Å². The van der Waals surface area contributed by atoms with Crippen LogP contribution in [-0.4, -0.2) is 23.2 Å². The van der Waals surface area contributed by atoms with E-state index in [-0.39, 0.29) is 16.4 Å². The Morgan fingerprint density at radius 2 is 1.96 bits per heavy atom. The zero-order chi connectivity index (χ0) is 17.8. The number of carboxylic acids is 1. The van der Waals surface area contributed by atoms with Gasteiger partial charge in [0.1, 0.15) is 15.6 Å². The molecule has 0 unspecified atom stereocenters. The average molecular weight is 352 g/mol. The van der Waals surface area contributed by atoms with E-state index < -0.39 is 5.97 Å². The van der Waals surface area contributed by atoms with E-state index in [2.05, 4.69) is 4.98 Å². The molecular weight excluding hydrogens is 338 g/mol. The fourth-order valence-electron chi connectivity index (χ4n) is 2.31. The number of benzene rings is 2. The summed E-state index contributed by atoms with van der Waals surface area (Å²) in [7, 11) is 1.44. The minimum atomic E-state index is -1.01. The van der Waals surface area contributed by atoms with Crippen LogP contribution >= 0.6 is 11.3 Å². The van der Waals surface area contributed by atoms with Crippen molar-refractivity contribution in [2.45, 2.75) is 0 Å². The summed E-state index contributed by atoms with van der Waals surface area (Å²) in [5.74, 6) is -0.937. The summed E-state index contributed by atoms with van der Waals surface area (Å²) in [6, 6.07) is 14.0. The molecule has 25 heavy (non-hydrogen) atoms. The first-order valence-corrected chi connectivity index (χ1v) is 8.23. The number of carbonyl (C=O) groups is 1. The van der Waals surface area contributed by atoms with E-state index >= 15 is 0 Å². The van der Waals surface area contributed by atoms with Gasteiger partial charge in [-0.2, -0.15) is 0 Å². The highest BCUT2D eigenvalue weighted by atomic mass is 32.1. The van der Waals surface area contributed by atoms with Crippen molar-refractivity contribution in [3.63, 3.8) is 0 Å². The van der Waals surface area contributed by atoms with E-state index in [9.17, 15) is 15.0 Å². The lowest BCUT2D eigenvalue weighted by Gasteiger charge is -2.12. The minimum absolute atomic E-state index is 0.185. The Bertz CT molecular complexity index is 932. The minimum Gasteiger partial charge on any atom is -0.870 e. The Labute approximate surface area is 148 Å². The van der Waals surface area contributed by atoms with Crippen molar-refractivity contribution >= 4 is 29.5 Å². The highest BCUT2D eigenvalue weighted by molar-refractivity contribution is 7.15. The lowest BCUT2D eigenvalue weighted by molar-refractivity contribution is -0.270. The van der Waals surface area contributed by atoms with Gasteiger partial charge < -0.3 is 14.9 Å². The predicted octanol–water partition coefficient (Wildman–Crippen LogP) is 3.76. The van der Waals surface area contributed by atoms with Gasteiger partial charge in [0.2, 0.25) is 0 Å². The van der Waals surface area contributed by atoms with E-state index in [0.717, 1.165) is 16.9 Å². The Morgan fingerprint density at radius 3 is 2.60 bits per heavy atom. The van der Waals surface area contributed by atoms with Crippen LogP contribution in [0.3, 0.4) is 0 Å². The molecule has 1 aromatic heterocycles. The van der Waals surface area contributed by atoms with Crippen LogP contribution in [0.5, 0.6) is 11.5 Å². The Balaban J connectivity index is 1.93. The summed E-state index contributed by atoms with van der Waals surface area (Å²) in [5.41, 5.74) is 1.89. The molecule has 0 radical (unpaired) electrons. The average Bonchev–Trinajstić information content (AvgIpc) is 3.05. The van der Waals surface area contributed by atoms with Crippen LogP contribution in [0.15, 0.2) is 48.5 Å². The Hall–Kier alpha value is -3.12. The molecule has 0 aliphatic carbocycles. The maximum atomic E-state index is 11.8. The van der Waals surface area contributed by atoms with Crippen LogP contribution in [0, 0.1) is 0 Å². The first-order valence-electron chi connectivity index (χ1n) is 7.41. The number of rotatable bonds is 5. The van der Waals surface area contributed by atoms with E-state index in [0.29, 0.717) is 16.3 Å². The quantitative estimate of drug-likeness (QED) is 0.756. The van der Waals surface area contributed by atoms with Crippen molar-refractivity contribution in [1.82, 2.24) is 4.98 Å². The first-order chi connectivity index (χ1) is 12.1. The van der Waals surface area contributed by atoms with Crippen molar-refractivity contribution in [3.05, 3.63) is 64.0 Å². The summed E-state index contributed by atoms with van der Waals surface area (Å²) in [4.78, 5) is 16.1. The van der Waals surface area contributed by atoms with Gasteiger partial charge in [-0.1, -0.05) is 54.3 Å². The van der Waals surface area contributed by atoms with E-state index in [1.165, 1.54) is 13.2 Å². The van der Waals surface area contributed by atoms with Crippen molar-refractivity contribution < 1.29 is 19.7 Å². The molecule has 3 aromatic rings. The molecule has 0 aliphatic rings. The number of carboxylic acid groups (broad SMARTS) is 1. The van der Waals surface area contributed by atoms with Crippen molar-refractivity contribution in [2.24, 2.45) is 0 Å². The van der Waals surface area contributed by atoms with Crippen LogP contribution < -0.4 is 9.84 Å². The molecule has 0 saturated carbocycles. The monoisotopic (exact) mass is 352 g/mol. The molecule has 3 rings (SSSR count). The number of methoxy groups -OCH3 is 1. The van der Waals surface area contributed by atoms with Crippen LogP contribution in [-0.2, 0) is 0 Å². The number of ether oxygens (including phenoxy) is 1. The standard InChI is InChI=1S/C19H15NO4S/c1-24-15-9-7-12(11-14(15)21)8-10-16-20-17(18(25-16)19(22)23)13-5-3-2-4-6-13/h2-11,21H,1H3,(H,22,23)/p-1/b10-8+. The van der Waals surface area contributed by atoms with E-state index in [1.54, 1.807) is 24.3 Å². The predicted molar refractivity (Wildman–Crippen MR) is 95.9 cm³/mol. The van der Waals surface area contributed by atoms with Crippen LogP contribution in [0.1, 0.15) is 20.2 Å².